The lowest BCUT2D eigenvalue weighted by molar-refractivity contribution is 0.106. The highest BCUT2D eigenvalue weighted by Crippen LogP contribution is 2.22. The van der Waals surface area contributed by atoms with Crippen LogP contribution in [0.5, 0.6) is 0 Å². The smallest absolute Gasteiger partial charge is 0.260 e. The van der Waals surface area contributed by atoms with Crippen LogP contribution in [0, 0.1) is 13.8 Å². The number of nitrogens with two attached hydrogens (primary N) is 1. The van der Waals surface area contributed by atoms with Crippen molar-refractivity contribution in [1.29, 1.82) is 0 Å². The maximum absolute atomic E-state index is 12.1. The molecule has 1 atom stereocenters. The van der Waals surface area contributed by atoms with E-state index in [0.29, 0.717) is 5.76 Å². The number of aryl methyl sites for hydroxylation is 2. The van der Waals surface area contributed by atoms with E-state index in [2.05, 4.69) is 0 Å². The molecule has 2 nitrogen and oxygen atoms in total. The Hall–Kier alpha value is -0.900. The number of hydrogen-bond donors (Lipinski definition) is 1. The van der Waals surface area contributed by atoms with Gasteiger partial charge in [-0.15, -0.1) is 0 Å². The van der Waals surface area contributed by atoms with E-state index in [-0.39, 0.29) is 5.76 Å². The van der Waals surface area contributed by atoms with Crippen LogP contribution in [-0.2, 0) is 0 Å². The van der Waals surface area contributed by atoms with Crippen molar-refractivity contribution < 1.29 is 13.2 Å². The Morgan fingerprint density at radius 2 is 2.00 bits per heavy atom. The average molecular weight is 175 g/mol. The molecular formula is C8H11F2NO. The molecule has 0 aliphatic carbocycles. The minimum atomic E-state index is -2.57. The Morgan fingerprint density at radius 1 is 1.42 bits per heavy atom. The zero-order valence-corrected chi connectivity index (χ0v) is 6.97. The first-order valence-corrected chi connectivity index (χ1v) is 3.63. The zero-order valence-electron chi connectivity index (χ0n) is 6.97. The summed E-state index contributed by atoms with van der Waals surface area (Å²) >= 11 is 0. The summed E-state index contributed by atoms with van der Waals surface area (Å²) in [5.74, 6) is 0.793. The van der Waals surface area contributed by atoms with Crippen molar-refractivity contribution in [3.05, 3.63) is 23.2 Å². The van der Waals surface area contributed by atoms with Crippen LogP contribution in [0.15, 0.2) is 10.5 Å². The molecule has 0 aromatic carbocycles. The minimum Gasteiger partial charge on any atom is -0.464 e. The quantitative estimate of drug-likeness (QED) is 0.748. The van der Waals surface area contributed by atoms with E-state index in [0.717, 1.165) is 5.56 Å². The first-order valence-electron chi connectivity index (χ1n) is 3.63. The molecule has 0 aliphatic rings. The molecule has 0 saturated carbocycles. The lowest BCUT2D eigenvalue weighted by atomic mass is 10.2. The number of alkyl halides is 2. The highest BCUT2D eigenvalue weighted by atomic mass is 19.3. The molecule has 12 heavy (non-hydrogen) atoms. The van der Waals surface area contributed by atoms with Crippen molar-refractivity contribution in [3.8, 4) is 0 Å². The molecule has 0 radical (unpaired) electrons. The van der Waals surface area contributed by atoms with Crippen molar-refractivity contribution in [1.82, 2.24) is 0 Å². The molecule has 0 amide bonds. The normalized spacial score (nSPS) is 13.8. The fourth-order valence-electron chi connectivity index (χ4n) is 0.890. The Balaban J connectivity index is 2.89. The van der Waals surface area contributed by atoms with E-state index in [1.165, 1.54) is 0 Å². The van der Waals surface area contributed by atoms with Gasteiger partial charge in [0.1, 0.15) is 17.6 Å². The summed E-state index contributed by atoms with van der Waals surface area (Å²) in [6.07, 6.45) is -2.57. The van der Waals surface area contributed by atoms with Gasteiger partial charge in [-0.1, -0.05) is 0 Å². The molecule has 0 bridgehead atoms. The Bertz CT molecular complexity index is 251. The van der Waals surface area contributed by atoms with Crippen molar-refractivity contribution in [2.24, 2.45) is 5.73 Å². The number of furan rings is 1. The van der Waals surface area contributed by atoms with E-state index >= 15 is 0 Å². The summed E-state index contributed by atoms with van der Waals surface area (Å²) in [7, 11) is 0. The van der Waals surface area contributed by atoms with Gasteiger partial charge in [-0.25, -0.2) is 8.78 Å². The Kier molecular flexibility index (Phi) is 2.47. The van der Waals surface area contributed by atoms with Gasteiger partial charge >= 0.3 is 0 Å². The third kappa shape index (κ3) is 1.64. The number of halogens is 2. The molecule has 2 N–H and O–H groups in total. The van der Waals surface area contributed by atoms with Gasteiger partial charge in [0.15, 0.2) is 0 Å². The van der Waals surface area contributed by atoms with Gasteiger partial charge in [-0.05, 0) is 25.5 Å². The van der Waals surface area contributed by atoms with Gasteiger partial charge in [0, 0.05) is 0 Å². The van der Waals surface area contributed by atoms with E-state index < -0.39 is 12.5 Å². The minimum absolute atomic E-state index is 0.153. The lowest BCUT2D eigenvalue weighted by Gasteiger charge is -2.05. The van der Waals surface area contributed by atoms with Gasteiger partial charge in [-0.2, -0.15) is 0 Å². The predicted molar refractivity (Wildman–Crippen MR) is 41.1 cm³/mol. The van der Waals surface area contributed by atoms with Gasteiger partial charge in [-0.3, -0.25) is 0 Å². The first kappa shape index (κ1) is 9.19. The Labute approximate surface area is 69.4 Å². The molecule has 0 fully saturated rings. The fraction of sp³-hybridized carbons (Fsp3) is 0.500. The van der Waals surface area contributed by atoms with Crippen LogP contribution in [0.25, 0.3) is 0 Å². The summed E-state index contributed by atoms with van der Waals surface area (Å²) in [5.41, 5.74) is 6.02. The van der Waals surface area contributed by atoms with E-state index in [9.17, 15) is 8.78 Å². The van der Waals surface area contributed by atoms with Crippen LogP contribution in [0.2, 0.25) is 0 Å². The van der Waals surface area contributed by atoms with Crippen molar-refractivity contribution in [2.75, 3.05) is 0 Å². The molecule has 1 aromatic heterocycles. The maximum atomic E-state index is 12.1. The predicted octanol–water partition coefficient (Wildman–Crippen LogP) is 2.16. The van der Waals surface area contributed by atoms with Gasteiger partial charge in [0.2, 0.25) is 0 Å². The highest BCUT2D eigenvalue weighted by molar-refractivity contribution is 5.20. The lowest BCUT2D eigenvalue weighted by Crippen LogP contribution is -2.17. The SMILES string of the molecule is Cc1cc([C@@H](N)C(F)F)oc1C. The Morgan fingerprint density at radius 3 is 2.33 bits per heavy atom. The van der Waals surface area contributed by atoms with Crippen molar-refractivity contribution >= 4 is 0 Å². The molecule has 0 unspecified atom stereocenters. The number of rotatable bonds is 2. The molecule has 1 heterocycles. The molecular weight excluding hydrogens is 164 g/mol. The van der Waals surface area contributed by atoms with Crippen LogP contribution < -0.4 is 5.73 Å². The summed E-state index contributed by atoms with van der Waals surface area (Å²) < 4.78 is 29.2. The summed E-state index contributed by atoms with van der Waals surface area (Å²) in [6, 6.07) is 0.240. The molecule has 0 spiro atoms. The molecule has 68 valence electrons. The zero-order chi connectivity index (χ0) is 9.30. The van der Waals surface area contributed by atoms with E-state index in [1.54, 1.807) is 19.9 Å². The van der Waals surface area contributed by atoms with Crippen molar-refractivity contribution in [2.45, 2.75) is 26.3 Å². The molecule has 4 heteroatoms. The first-order chi connectivity index (χ1) is 5.52. The number of hydrogen-bond acceptors (Lipinski definition) is 2. The second-order valence-corrected chi connectivity index (χ2v) is 2.75. The van der Waals surface area contributed by atoms with E-state index in [4.69, 9.17) is 10.2 Å². The van der Waals surface area contributed by atoms with Crippen LogP contribution in [-0.4, -0.2) is 6.43 Å². The molecule has 1 rings (SSSR count). The topological polar surface area (TPSA) is 39.2 Å². The average Bonchev–Trinajstić information content (AvgIpc) is 2.30. The van der Waals surface area contributed by atoms with E-state index in [1.807, 2.05) is 0 Å². The molecule has 0 aliphatic heterocycles. The molecule has 1 aromatic rings. The van der Waals surface area contributed by atoms with Crippen LogP contribution in [0.3, 0.4) is 0 Å². The second-order valence-electron chi connectivity index (χ2n) is 2.75. The van der Waals surface area contributed by atoms with Gasteiger partial charge < -0.3 is 10.2 Å². The summed E-state index contributed by atoms with van der Waals surface area (Å²) in [5, 5.41) is 0. The fourth-order valence-corrected chi connectivity index (χ4v) is 0.890. The van der Waals surface area contributed by atoms with Crippen LogP contribution in [0.4, 0.5) is 8.78 Å². The largest absolute Gasteiger partial charge is 0.464 e. The van der Waals surface area contributed by atoms with Crippen molar-refractivity contribution in [3.63, 3.8) is 0 Å². The summed E-state index contributed by atoms with van der Waals surface area (Å²) in [6.45, 7) is 3.51. The van der Waals surface area contributed by atoms with Gasteiger partial charge in [0.05, 0.1) is 0 Å². The third-order valence-corrected chi connectivity index (χ3v) is 1.79. The second kappa shape index (κ2) is 3.23. The maximum Gasteiger partial charge on any atom is 0.260 e. The monoisotopic (exact) mass is 175 g/mol. The van der Waals surface area contributed by atoms with Crippen LogP contribution in [0.1, 0.15) is 23.1 Å². The third-order valence-electron chi connectivity index (χ3n) is 1.79. The van der Waals surface area contributed by atoms with Gasteiger partial charge in [0.25, 0.3) is 6.43 Å². The molecule has 0 saturated heterocycles. The highest BCUT2D eigenvalue weighted by Gasteiger charge is 2.21. The summed E-state index contributed by atoms with van der Waals surface area (Å²) in [4.78, 5) is 0. The van der Waals surface area contributed by atoms with Crippen LogP contribution >= 0.6 is 0 Å². The standard InChI is InChI=1S/C8H11F2NO/c1-4-3-6(12-5(4)2)7(11)8(9)10/h3,7-8H,11H2,1-2H3/t7-/m1/s1.